The summed E-state index contributed by atoms with van der Waals surface area (Å²) in [4.78, 5) is 27.2. The average Bonchev–Trinajstić information content (AvgIpc) is 3.31. The third kappa shape index (κ3) is 4.92. The van der Waals surface area contributed by atoms with Gasteiger partial charge < -0.3 is 10.2 Å². The van der Waals surface area contributed by atoms with Crippen LogP contribution in [0.4, 0.5) is 0 Å². The van der Waals surface area contributed by atoms with Crippen molar-refractivity contribution < 1.29 is 9.59 Å². The van der Waals surface area contributed by atoms with Gasteiger partial charge in [-0.2, -0.15) is 0 Å². The fourth-order valence-corrected chi connectivity index (χ4v) is 3.98. The van der Waals surface area contributed by atoms with Crippen molar-refractivity contribution in [3.8, 4) is 0 Å². The van der Waals surface area contributed by atoms with E-state index in [1.54, 1.807) is 0 Å². The Labute approximate surface area is 152 Å². The molecule has 25 heavy (non-hydrogen) atoms. The highest BCUT2D eigenvalue weighted by atomic mass is 32.1. The summed E-state index contributed by atoms with van der Waals surface area (Å²) < 4.78 is 0. The SMILES string of the molecule is O=C(NCCCC(=O)N1CCCC1Cc1ccccc1)c1cccs1. The van der Waals surface area contributed by atoms with Gasteiger partial charge in [0.15, 0.2) is 0 Å². The predicted molar refractivity (Wildman–Crippen MR) is 101 cm³/mol. The number of amides is 2. The second kappa shape index (κ2) is 8.81. The van der Waals surface area contributed by atoms with Crippen molar-refractivity contribution in [1.29, 1.82) is 0 Å². The van der Waals surface area contributed by atoms with E-state index in [4.69, 9.17) is 0 Å². The van der Waals surface area contributed by atoms with Gasteiger partial charge in [0.1, 0.15) is 0 Å². The van der Waals surface area contributed by atoms with Crippen LogP contribution in [-0.4, -0.2) is 35.8 Å². The molecule has 1 saturated heterocycles. The van der Waals surface area contributed by atoms with E-state index in [9.17, 15) is 9.59 Å². The molecule has 3 rings (SSSR count). The number of carbonyl (C=O) groups excluding carboxylic acids is 2. The second-order valence-corrected chi connectivity index (χ2v) is 7.36. The second-order valence-electron chi connectivity index (χ2n) is 6.41. The molecule has 0 aliphatic carbocycles. The van der Waals surface area contributed by atoms with Crippen LogP contribution in [0.5, 0.6) is 0 Å². The first kappa shape index (κ1) is 17.7. The molecule has 0 saturated carbocycles. The fourth-order valence-electron chi connectivity index (χ4n) is 3.34. The molecule has 4 nitrogen and oxygen atoms in total. The molecule has 1 atom stereocenters. The van der Waals surface area contributed by atoms with Gasteiger partial charge in [0.2, 0.25) is 5.91 Å². The predicted octanol–water partition coefficient (Wildman–Crippen LogP) is 3.49. The minimum Gasteiger partial charge on any atom is -0.351 e. The number of benzene rings is 1. The van der Waals surface area contributed by atoms with E-state index in [2.05, 4.69) is 17.4 Å². The molecule has 1 aromatic heterocycles. The Kier molecular flexibility index (Phi) is 6.23. The van der Waals surface area contributed by atoms with E-state index in [-0.39, 0.29) is 11.8 Å². The summed E-state index contributed by atoms with van der Waals surface area (Å²) in [5, 5.41) is 4.77. The van der Waals surface area contributed by atoms with Crippen molar-refractivity contribution in [3.05, 3.63) is 58.3 Å². The monoisotopic (exact) mass is 356 g/mol. The molecule has 0 bridgehead atoms. The van der Waals surface area contributed by atoms with Crippen LogP contribution in [0.3, 0.4) is 0 Å². The molecule has 5 heteroatoms. The van der Waals surface area contributed by atoms with Gasteiger partial charge in [-0.3, -0.25) is 9.59 Å². The van der Waals surface area contributed by atoms with Crippen molar-refractivity contribution in [2.75, 3.05) is 13.1 Å². The lowest BCUT2D eigenvalue weighted by molar-refractivity contribution is -0.132. The van der Waals surface area contributed by atoms with Gasteiger partial charge in [-0.25, -0.2) is 0 Å². The molecule has 132 valence electrons. The van der Waals surface area contributed by atoms with Crippen LogP contribution in [0, 0.1) is 0 Å². The van der Waals surface area contributed by atoms with Crippen LogP contribution in [-0.2, 0) is 11.2 Å². The highest BCUT2D eigenvalue weighted by Crippen LogP contribution is 2.22. The van der Waals surface area contributed by atoms with E-state index < -0.39 is 0 Å². The van der Waals surface area contributed by atoms with E-state index in [1.165, 1.54) is 16.9 Å². The van der Waals surface area contributed by atoms with Crippen molar-refractivity contribution in [1.82, 2.24) is 10.2 Å². The zero-order valence-electron chi connectivity index (χ0n) is 14.3. The minimum atomic E-state index is -0.0504. The van der Waals surface area contributed by atoms with Crippen LogP contribution < -0.4 is 5.32 Å². The summed E-state index contributed by atoms with van der Waals surface area (Å²) in [6.07, 6.45) is 4.27. The normalized spacial score (nSPS) is 16.8. The smallest absolute Gasteiger partial charge is 0.261 e. The molecule has 1 aliphatic rings. The third-order valence-corrected chi connectivity index (χ3v) is 5.48. The molecule has 0 spiro atoms. The molecule has 0 radical (unpaired) electrons. The molecular weight excluding hydrogens is 332 g/mol. The van der Waals surface area contributed by atoms with Crippen molar-refractivity contribution in [3.63, 3.8) is 0 Å². The Balaban J connectivity index is 1.42. The Morgan fingerprint density at radius 1 is 1.16 bits per heavy atom. The molecule has 2 amide bonds. The van der Waals surface area contributed by atoms with Gasteiger partial charge in [0.05, 0.1) is 4.88 Å². The van der Waals surface area contributed by atoms with E-state index in [0.717, 1.165) is 25.8 Å². The average molecular weight is 356 g/mol. The van der Waals surface area contributed by atoms with Crippen LogP contribution in [0.15, 0.2) is 47.8 Å². The van der Waals surface area contributed by atoms with Crippen molar-refractivity contribution in [2.45, 2.75) is 38.1 Å². The third-order valence-electron chi connectivity index (χ3n) is 4.61. The van der Waals surface area contributed by atoms with E-state index in [0.29, 0.717) is 30.3 Å². The number of nitrogens with zero attached hydrogens (tertiary/aromatic N) is 1. The molecular formula is C20H24N2O2S. The van der Waals surface area contributed by atoms with Gasteiger partial charge in [0.25, 0.3) is 5.91 Å². The number of thiophene rings is 1. The lowest BCUT2D eigenvalue weighted by Crippen LogP contribution is -2.37. The van der Waals surface area contributed by atoms with Crippen LogP contribution in [0.25, 0.3) is 0 Å². The molecule has 1 fully saturated rings. The maximum atomic E-state index is 12.5. The first-order valence-electron chi connectivity index (χ1n) is 8.89. The first-order chi connectivity index (χ1) is 12.2. The summed E-state index contributed by atoms with van der Waals surface area (Å²) in [5.41, 5.74) is 1.29. The first-order valence-corrected chi connectivity index (χ1v) is 9.77. The van der Waals surface area contributed by atoms with Gasteiger partial charge in [0, 0.05) is 25.6 Å². The van der Waals surface area contributed by atoms with E-state index >= 15 is 0 Å². The lowest BCUT2D eigenvalue weighted by atomic mass is 10.0. The lowest BCUT2D eigenvalue weighted by Gasteiger charge is -2.25. The molecule has 2 aromatic rings. The van der Waals surface area contributed by atoms with Crippen LogP contribution in [0.1, 0.15) is 40.9 Å². The Morgan fingerprint density at radius 3 is 2.76 bits per heavy atom. The topological polar surface area (TPSA) is 49.4 Å². The number of rotatable bonds is 7. The van der Waals surface area contributed by atoms with Gasteiger partial charge in [-0.1, -0.05) is 36.4 Å². The summed E-state index contributed by atoms with van der Waals surface area (Å²) >= 11 is 1.43. The minimum absolute atomic E-state index is 0.0504. The van der Waals surface area contributed by atoms with Gasteiger partial charge in [-0.05, 0) is 42.7 Å². The van der Waals surface area contributed by atoms with E-state index in [1.807, 2.05) is 40.6 Å². The summed E-state index contributed by atoms with van der Waals surface area (Å²) in [5.74, 6) is 0.161. The number of hydrogen-bond donors (Lipinski definition) is 1. The van der Waals surface area contributed by atoms with Crippen LogP contribution in [0.2, 0.25) is 0 Å². The largest absolute Gasteiger partial charge is 0.351 e. The Hall–Kier alpha value is -2.14. The van der Waals surface area contributed by atoms with Crippen molar-refractivity contribution >= 4 is 23.2 Å². The Morgan fingerprint density at radius 2 is 2.00 bits per heavy atom. The van der Waals surface area contributed by atoms with Crippen molar-refractivity contribution in [2.24, 2.45) is 0 Å². The zero-order valence-corrected chi connectivity index (χ0v) is 15.1. The molecule has 1 unspecified atom stereocenters. The quantitative estimate of drug-likeness (QED) is 0.772. The summed E-state index contributed by atoms with van der Waals surface area (Å²) in [6.45, 7) is 1.40. The van der Waals surface area contributed by atoms with Gasteiger partial charge >= 0.3 is 0 Å². The van der Waals surface area contributed by atoms with Gasteiger partial charge in [-0.15, -0.1) is 11.3 Å². The molecule has 1 N–H and O–H groups in total. The number of likely N-dealkylation sites (tertiary alicyclic amines) is 1. The summed E-state index contributed by atoms with van der Waals surface area (Å²) in [7, 11) is 0. The highest BCUT2D eigenvalue weighted by molar-refractivity contribution is 7.12. The standard InChI is InChI=1S/C20H24N2O2S/c23-19(11-4-12-21-20(24)18-10-6-14-25-18)22-13-5-9-17(22)15-16-7-2-1-3-8-16/h1-3,6-8,10,14,17H,4-5,9,11-13,15H2,(H,21,24). The van der Waals surface area contributed by atoms with Crippen LogP contribution >= 0.6 is 11.3 Å². The Bertz CT molecular complexity index is 685. The molecule has 1 aliphatic heterocycles. The number of hydrogen-bond acceptors (Lipinski definition) is 3. The number of carbonyl (C=O) groups is 2. The highest BCUT2D eigenvalue weighted by Gasteiger charge is 2.28. The fraction of sp³-hybridized carbons (Fsp3) is 0.400. The maximum absolute atomic E-state index is 12.5. The molecule has 2 heterocycles. The maximum Gasteiger partial charge on any atom is 0.261 e. The zero-order chi connectivity index (χ0) is 17.5. The molecule has 1 aromatic carbocycles. The summed E-state index contributed by atoms with van der Waals surface area (Å²) in [6, 6.07) is 14.4. The number of nitrogens with one attached hydrogen (secondary N) is 1.